The van der Waals surface area contributed by atoms with Crippen molar-refractivity contribution in [2.24, 2.45) is 10.2 Å². The predicted octanol–water partition coefficient (Wildman–Crippen LogP) is 4.00. The molecule has 0 fully saturated rings. The average molecular weight is 301 g/mol. The Hall–Kier alpha value is -2.47. The summed E-state index contributed by atoms with van der Waals surface area (Å²) in [6.07, 6.45) is 0. The van der Waals surface area contributed by atoms with Crippen LogP contribution < -0.4 is 5.73 Å². The Morgan fingerprint density at radius 3 is 2.76 bits per heavy atom. The number of aromatic nitrogens is 3. The summed E-state index contributed by atoms with van der Waals surface area (Å²) in [4.78, 5) is 4.43. The monoisotopic (exact) mass is 300 g/mol. The first-order valence-electron chi connectivity index (χ1n) is 6.34. The van der Waals surface area contributed by atoms with Gasteiger partial charge in [0.05, 0.1) is 5.69 Å². The Balaban J connectivity index is 2.10. The van der Waals surface area contributed by atoms with Gasteiger partial charge in [-0.15, -0.1) is 10.2 Å². The highest BCUT2D eigenvalue weighted by molar-refractivity contribution is 6.30. The number of nitrogens with two attached hydrogens (primary N) is 1. The van der Waals surface area contributed by atoms with Crippen molar-refractivity contribution in [2.45, 2.75) is 13.8 Å². The Morgan fingerprint density at radius 1 is 1.19 bits per heavy atom. The molecule has 0 unspecified atom stereocenters. The van der Waals surface area contributed by atoms with E-state index in [2.05, 4.69) is 20.3 Å². The van der Waals surface area contributed by atoms with Crippen LogP contribution in [0.5, 0.6) is 0 Å². The lowest BCUT2D eigenvalue weighted by Gasteiger charge is -1.99. The van der Waals surface area contributed by atoms with Gasteiger partial charge in [-0.3, -0.25) is 0 Å². The zero-order valence-corrected chi connectivity index (χ0v) is 12.3. The molecule has 21 heavy (non-hydrogen) atoms. The van der Waals surface area contributed by atoms with E-state index in [1.54, 1.807) is 22.7 Å². The first-order chi connectivity index (χ1) is 10.0. The second-order valence-electron chi connectivity index (χ2n) is 4.69. The lowest BCUT2D eigenvalue weighted by molar-refractivity contribution is 0.890. The Kier molecular flexibility index (Phi) is 3.31. The number of aryl methyl sites for hydroxylation is 2. The van der Waals surface area contributed by atoms with Gasteiger partial charge in [-0.25, -0.2) is 9.50 Å². The van der Waals surface area contributed by atoms with Gasteiger partial charge in [0.1, 0.15) is 0 Å². The zero-order valence-electron chi connectivity index (χ0n) is 11.6. The summed E-state index contributed by atoms with van der Waals surface area (Å²) in [5.74, 6) is 0.293. The quantitative estimate of drug-likeness (QED) is 0.726. The lowest BCUT2D eigenvalue weighted by atomic mass is 10.3. The van der Waals surface area contributed by atoms with E-state index in [9.17, 15) is 0 Å². The second-order valence-corrected chi connectivity index (χ2v) is 5.12. The van der Waals surface area contributed by atoms with E-state index in [1.807, 2.05) is 26.0 Å². The molecule has 2 aromatic heterocycles. The molecule has 0 aliphatic carbocycles. The summed E-state index contributed by atoms with van der Waals surface area (Å²) < 4.78 is 1.66. The summed E-state index contributed by atoms with van der Waals surface area (Å²) in [5, 5.41) is 13.2. The smallest absolute Gasteiger partial charge is 0.185 e. The van der Waals surface area contributed by atoms with E-state index in [-0.39, 0.29) is 0 Å². The van der Waals surface area contributed by atoms with Gasteiger partial charge in [0.15, 0.2) is 17.2 Å². The first kappa shape index (κ1) is 13.5. The molecule has 0 bridgehead atoms. The van der Waals surface area contributed by atoms with E-state index in [1.165, 1.54) is 0 Å². The van der Waals surface area contributed by atoms with Crippen LogP contribution in [0, 0.1) is 13.8 Å². The molecule has 0 saturated carbocycles. The van der Waals surface area contributed by atoms with E-state index < -0.39 is 0 Å². The average Bonchev–Trinajstić information content (AvgIpc) is 2.73. The molecule has 106 valence electrons. The van der Waals surface area contributed by atoms with Crippen LogP contribution in [0.3, 0.4) is 0 Å². The highest BCUT2D eigenvalue weighted by Gasteiger charge is 2.13. The van der Waals surface area contributed by atoms with Gasteiger partial charge in [-0.05, 0) is 38.1 Å². The van der Waals surface area contributed by atoms with Crippen molar-refractivity contribution >= 4 is 34.4 Å². The molecule has 7 heteroatoms. The number of hydrogen-bond donors (Lipinski definition) is 1. The Labute approximate surface area is 126 Å². The fourth-order valence-electron chi connectivity index (χ4n) is 2.07. The molecule has 3 rings (SSSR count). The molecule has 0 aliphatic heterocycles. The van der Waals surface area contributed by atoms with E-state index in [0.29, 0.717) is 27.9 Å². The van der Waals surface area contributed by atoms with Crippen LogP contribution in [0.4, 0.5) is 17.2 Å². The molecule has 6 nitrogen and oxygen atoms in total. The summed E-state index contributed by atoms with van der Waals surface area (Å²) in [7, 11) is 0. The maximum atomic E-state index is 5.92. The number of nitrogens with zero attached hydrogens (tertiary/aromatic N) is 5. The number of benzene rings is 1. The Morgan fingerprint density at radius 2 is 2.00 bits per heavy atom. The van der Waals surface area contributed by atoms with Gasteiger partial charge >= 0.3 is 0 Å². The van der Waals surface area contributed by atoms with Crippen molar-refractivity contribution in [1.82, 2.24) is 14.6 Å². The van der Waals surface area contributed by atoms with Crippen LogP contribution in [-0.2, 0) is 0 Å². The van der Waals surface area contributed by atoms with Crippen LogP contribution >= 0.6 is 11.6 Å². The van der Waals surface area contributed by atoms with Crippen LogP contribution in [0.2, 0.25) is 5.02 Å². The fraction of sp³-hybridized carbons (Fsp3) is 0.143. The molecule has 0 atom stereocenters. The molecule has 0 spiro atoms. The SMILES string of the molecule is Cc1cc(C)n2nc(N)c(N=Nc3cccc(Cl)c3)c2n1. The molecule has 1 aromatic carbocycles. The third-order valence-corrected chi connectivity index (χ3v) is 3.21. The molecule has 0 amide bonds. The molecule has 0 saturated heterocycles. The molecular weight excluding hydrogens is 288 g/mol. The number of hydrogen-bond acceptors (Lipinski definition) is 5. The van der Waals surface area contributed by atoms with Gasteiger partial charge in [-0.2, -0.15) is 5.11 Å². The van der Waals surface area contributed by atoms with Crippen LogP contribution in [0.15, 0.2) is 40.6 Å². The van der Waals surface area contributed by atoms with Crippen molar-refractivity contribution in [2.75, 3.05) is 5.73 Å². The molecule has 0 aliphatic rings. The third-order valence-electron chi connectivity index (χ3n) is 2.97. The molecular formula is C14H13ClN6. The Bertz CT molecular complexity index is 852. The summed E-state index contributed by atoms with van der Waals surface area (Å²) in [6.45, 7) is 3.85. The molecule has 3 aromatic rings. The minimum atomic E-state index is 0.293. The number of halogens is 1. The van der Waals surface area contributed by atoms with E-state index in [4.69, 9.17) is 17.3 Å². The van der Waals surface area contributed by atoms with Gasteiger partial charge in [0.25, 0.3) is 0 Å². The van der Waals surface area contributed by atoms with Crippen molar-refractivity contribution in [3.05, 3.63) is 46.7 Å². The second kappa shape index (κ2) is 5.14. The normalized spacial score (nSPS) is 11.6. The summed E-state index contributed by atoms with van der Waals surface area (Å²) >= 11 is 5.92. The van der Waals surface area contributed by atoms with Gasteiger partial charge in [0, 0.05) is 16.4 Å². The number of rotatable bonds is 2. The largest absolute Gasteiger partial charge is 0.380 e. The molecule has 2 heterocycles. The van der Waals surface area contributed by atoms with Crippen molar-refractivity contribution in [3.8, 4) is 0 Å². The van der Waals surface area contributed by atoms with Crippen LogP contribution in [0.25, 0.3) is 5.65 Å². The van der Waals surface area contributed by atoms with Crippen LogP contribution in [-0.4, -0.2) is 14.6 Å². The molecule has 2 N–H and O–H groups in total. The highest BCUT2D eigenvalue weighted by atomic mass is 35.5. The molecule has 0 radical (unpaired) electrons. The fourth-order valence-corrected chi connectivity index (χ4v) is 2.25. The number of azo groups is 1. The lowest BCUT2D eigenvalue weighted by Crippen LogP contribution is -1.97. The van der Waals surface area contributed by atoms with Gasteiger partial charge in [0.2, 0.25) is 0 Å². The number of fused-ring (bicyclic) bond motifs is 1. The standard InChI is InChI=1S/C14H13ClN6/c1-8-6-9(2)21-14(17-8)12(13(16)20-21)19-18-11-5-3-4-10(15)7-11/h3-7H,1-2H3,(H2,16,20). The van der Waals surface area contributed by atoms with Crippen LogP contribution in [0.1, 0.15) is 11.4 Å². The maximum Gasteiger partial charge on any atom is 0.185 e. The number of anilines is 1. The highest BCUT2D eigenvalue weighted by Crippen LogP contribution is 2.29. The minimum absolute atomic E-state index is 0.293. The summed E-state index contributed by atoms with van der Waals surface area (Å²) in [5.41, 5.74) is 9.42. The third kappa shape index (κ3) is 2.57. The summed E-state index contributed by atoms with van der Waals surface area (Å²) in [6, 6.07) is 9.04. The predicted molar refractivity (Wildman–Crippen MR) is 82.5 cm³/mol. The number of nitrogen functional groups attached to an aromatic ring is 1. The topological polar surface area (TPSA) is 80.9 Å². The van der Waals surface area contributed by atoms with E-state index >= 15 is 0 Å². The van der Waals surface area contributed by atoms with Crippen molar-refractivity contribution < 1.29 is 0 Å². The first-order valence-corrected chi connectivity index (χ1v) is 6.72. The zero-order chi connectivity index (χ0) is 15.0. The van der Waals surface area contributed by atoms with Crippen molar-refractivity contribution in [1.29, 1.82) is 0 Å². The van der Waals surface area contributed by atoms with Gasteiger partial charge < -0.3 is 5.73 Å². The van der Waals surface area contributed by atoms with Crippen molar-refractivity contribution in [3.63, 3.8) is 0 Å². The maximum absolute atomic E-state index is 5.92. The van der Waals surface area contributed by atoms with E-state index in [0.717, 1.165) is 11.4 Å². The van der Waals surface area contributed by atoms with Gasteiger partial charge in [-0.1, -0.05) is 17.7 Å². The minimum Gasteiger partial charge on any atom is -0.380 e.